The van der Waals surface area contributed by atoms with Crippen LogP contribution in [0.15, 0.2) is 5.16 Å². The van der Waals surface area contributed by atoms with Crippen molar-refractivity contribution < 1.29 is 13.2 Å². The van der Waals surface area contributed by atoms with Crippen molar-refractivity contribution in [1.82, 2.24) is 14.8 Å². The molecule has 0 atom stereocenters. The fourth-order valence-electron chi connectivity index (χ4n) is 1.83. The van der Waals surface area contributed by atoms with E-state index in [4.69, 9.17) is 9.88 Å². The molecule has 110 valence electrons. The van der Waals surface area contributed by atoms with Crippen LogP contribution >= 0.6 is 0 Å². The summed E-state index contributed by atoms with van der Waals surface area (Å²) in [5.41, 5.74) is 0. The van der Waals surface area contributed by atoms with Crippen molar-refractivity contribution in [3.63, 3.8) is 0 Å². The fourth-order valence-corrected chi connectivity index (χ4v) is 2.49. The fraction of sp³-hybridized carbons (Fsp3) is 0.818. The predicted octanol–water partition coefficient (Wildman–Crippen LogP) is 0.695. The van der Waals surface area contributed by atoms with E-state index in [1.165, 1.54) is 4.57 Å². The summed E-state index contributed by atoms with van der Waals surface area (Å²) in [5.74, 6) is 0.650. The third-order valence-corrected chi connectivity index (χ3v) is 3.63. The Hall–Kier alpha value is -0.990. The summed E-state index contributed by atoms with van der Waals surface area (Å²) in [5, 5.41) is 12.6. The molecule has 1 heterocycles. The van der Waals surface area contributed by atoms with E-state index in [1.807, 2.05) is 0 Å². The van der Waals surface area contributed by atoms with E-state index >= 15 is 0 Å². The van der Waals surface area contributed by atoms with Crippen LogP contribution in [0, 0.1) is 0 Å². The highest BCUT2D eigenvalue weighted by atomic mass is 32.2. The van der Waals surface area contributed by atoms with Gasteiger partial charge < -0.3 is 4.74 Å². The largest absolute Gasteiger partial charge is 0.383 e. The minimum atomic E-state index is -3.84. The average molecular weight is 290 g/mol. The van der Waals surface area contributed by atoms with Crippen LogP contribution in [-0.4, -0.2) is 36.9 Å². The summed E-state index contributed by atoms with van der Waals surface area (Å²) >= 11 is 0. The molecule has 0 unspecified atom stereocenters. The van der Waals surface area contributed by atoms with E-state index < -0.39 is 10.0 Å². The van der Waals surface area contributed by atoms with Crippen LogP contribution in [0.4, 0.5) is 0 Å². The molecule has 1 aromatic heterocycles. The molecule has 0 bridgehead atoms. The molecule has 0 saturated carbocycles. The Balaban J connectivity index is 2.82. The van der Waals surface area contributed by atoms with Crippen molar-refractivity contribution in [3.05, 3.63) is 5.82 Å². The van der Waals surface area contributed by atoms with Crippen molar-refractivity contribution in [3.8, 4) is 0 Å². The SMILES string of the molecule is CCCCCCc1nnc(S(N)(=O)=O)n1CCOC. The number of nitrogens with two attached hydrogens (primary N) is 1. The zero-order valence-corrected chi connectivity index (χ0v) is 12.3. The van der Waals surface area contributed by atoms with E-state index in [9.17, 15) is 8.42 Å². The molecule has 7 nitrogen and oxygen atoms in total. The Bertz CT molecular complexity index is 484. The number of aryl methyl sites for hydroxylation is 1. The van der Waals surface area contributed by atoms with E-state index in [0.717, 1.165) is 25.7 Å². The molecule has 0 fully saturated rings. The first-order chi connectivity index (χ1) is 9.00. The molecule has 0 aliphatic carbocycles. The maximum atomic E-state index is 11.4. The van der Waals surface area contributed by atoms with Gasteiger partial charge >= 0.3 is 0 Å². The third kappa shape index (κ3) is 4.88. The number of aromatic nitrogens is 3. The van der Waals surface area contributed by atoms with E-state index in [0.29, 0.717) is 25.4 Å². The molecule has 8 heteroatoms. The first kappa shape index (κ1) is 16.1. The smallest absolute Gasteiger partial charge is 0.273 e. The number of methoxy groups -OCH3 is 1. The van der Waals surface area contributed by atoms with Crippen molar-refractivity contribution in [2.45, 2.75) is 50.7 Å². The van der Waals surface area contributed by atoms with Crippen molar-refractivity contribution >= 4 is 10.0 Å². The Morgan fingerprint density at radius 2 is 2.00 bits per heavy atom. The van der Waals surface area contributed by atoms with Crippen LogP contribution in [0.1, 0.15) is 38.4 Å². The summed E-state index contributed by atoms with van der Waals surface area (Å²) in [7, 11) is -2.29. The number of ether oxygens (including phenoxy) is 1. The Morgan fingerprint density at radius 3 is 2.58 bits per heavy atom. The Labute approximate surface area is 114 Å². The molecule has 0 aliphatic heterocycles. The topological polar surface area (TPSA) is 100 Å². The normalized spacial score (nSPS) is 11.9. The predicted molar refractivity (Wildman–Crippen MR) is 71.1 cm³/mol. The molecule has 0 saturated heterocycles. The van der Waals surface area contributed by atoms with Crippen LogP contribution in [0.5, 0.6) is 0 Å². The van der Waals surface area contributed by atoms with Crippen LogP contribution in [0.25, 0.3) is 0 Å². The monoisotopic (exact) mass is 290 g/mol. The molecule has 0 amide bonds. The van der Waals surface area contributed by atoms with E-state index in [1.54, 1.807) is 7.11 Å². The second-order valence-electron chi connectivity index (χ2n) is 4.40. The highest BCUT2D eigenvalue weighted by molar-refractivity contribution is 7.89. The maximum Gasteiger partial charge on any atom is 0.273 e. The standard InChI is InChI=1S/C11H22N4O3S/c1-3-4-5-6-7-10-13-14-11(19(12,16)17)15(10)8-9-18-2/h3-9H2,1-2H3,(H2,12,16,17). The average Bonchev–Trinajstić information content (AvgIpc) is 2.75. The van der Waals surface area contributed by atoms with Crippen LogP contribution < -0.4 is 5.14 Å². The molecule has 2 N–H and O–H groups in total. The molecular formula is C11H22N4O3S. The van der Waals surface area contributed by atoms with Gasteiger partial charge in [0.1, 0.15) is 5.82 Å². The lowest BCUT2D eigenvalue weighted by Crippen LogP contribution is -2.21. The van der Waals surface area contributed by atoms with Crippen molar-refractivity contribution in [1.29, 1.82) is 0 Å². The highest BCUT2D eigenvalue weighted by Crippen LogP contribution is 2.11. The lowest BCUT2D eigenvalue weighted by Gasteiger charge is -2.08. The van der Waals surface area contributed by atoms with Gasteiger partial charge in [-0.05, 0) is 6.42 Å². The highest BCUT2D eigenvalue weighted by Gasteiger charge is 2.20. The van der Waals surface area contributed by atoms with Crippen LogP contribution in [0.3, 0.4) is 0 Å². The second kappa shape index (κ2) is 7.56. The number of sulfonamides is 1. The number of unbranched alkanes of at least 4 members (excludes halogenated alkanes) is 3. The lowest BCUT2D eigenvalue weighted by atomic mass is 10.1. The number of hydrogen-bond donors (Lipinski definition) is 1. The summed E-state index contributed by atoms with van der Waals surface area (Å²) in [6, 6.07) is 0. The zero-order valence-electron chi connectivity index (χ0n) is 11.5. The molecule has 1 aromatic rings. The Morgan fingerprint density at radius 1 is 1.26 bits per heavy atom. The van der Waals surface area contributed by atoms with Gasteiger partial charge in [-0.15, -0.1) is 10.2 Å². The zero-order chi connectivity index (χ0) is 14.3. The van der Waals surface area contributed by atoms with Gasteiger partial charge in [0.15, 0.2) is 0 Å². The first-order valence-electron chi connectivity index (χ1n) is 6.44. The quantitative estimate of drug-likeness (QED) is 0.675. The van der Waals surface area contributed by atoms with Gasteiger partial charge in [-0.2, -0.15) is 0 Å². The van der Waals surface area contributed by atoms with Crippen LogP contribution in [-0.2, 0) is 27.7 Å². The van der Waals surface area contributed by atoms with E-state index in [2.05, 4.69) is 17.1 Å². The van der Waals surface area contributed by atoms with Gasteiger partial charge in [0.2, 0.25) is 0 Å². The van der Waals surface area contributed by atoms with Crippen molar-refractivity contribution in [2.75, 3.05) is 13.7 Å². The minimum Gasteiger partial charge on any atom is -0.383 e. The molecule has 0 aliphatic rings. The van der Waals surface area contributed by atoms with Gasteiger partial charge in [0, 0.05) is 20.1 Å². The number of primary sulfonamides is 1. The van der Waals surface area contributed by atoms with Crippen LogP contribution in [0.2, 0.25) is 0 Å². The maximum absolute atomic E-state index is 11.4. The summed E-state index contributed by atoms with van der Waals surface area (Å²) in [4.78, 5) is 0. The molecule has 0 spiro atoms. The van der Waals surface area contributed by atoms with E-state index in [-0.39, 0.29) is 5.16 Å². The lowest BCUT2D eigenvalue weighted by molar-refractivity contribution is 0.183. The van der Waals surface area contributed by atoms with Gasteiger partial charge in [0.25, 0.3) is 15.2 Å². The number of hydrogen-bond acceptors (Lipinski definition) is 5. The molecule has 0 radical (unpaired) electrons. The van der Waals surface area contributed by atoms with Crippen molar-refractivity contribution in [2.24, 2.45) is 5.14 Å². The van der Waals surface area contributed by atoms with Gasteiger partial charge in [0.05, 0.1) is 6.61 Å². The minimum absolute atomic E-state index is 0.185. The Kier molecular flexibility index (Phi) is 6.40. The summed E-state index contributed by atoms with van der Waals surface area (Å²) in [6.07, 6.45) is 5.07. The summed E-state index contributed by atoms with van der Waals surface area (Å²) < 4.78 is 29.3. The molecule has 19 heavy (non-hydrogen) atoms. The van der Waals surface area contributed by atoms with Gasteiger partial charge in [-0.25, -0.2) is 13.6 Å². The van der Waals surface area contributed by atoms with Gasteiger partial charge in [-0.1, -0.05) is 26.2 Å². The summed E-state index contributed by atoms with van der Waals surface area (Å²) in [6.45, 7) is 2.92. The first-order valence-corrected chi connectivity index (χ1v) is 7.99. The number of rotatable bonds is 9. The molecular weight excluding hydrogens is 268 g/mol. The van der Waals surface area contributed by atoms with Gasteiger partial charge in [-0.3, -0.25) is 4.57 Å². The second-order valence-corrected chi connectivity index (χ2v) is 5.85. The number of nitrogens with zero attached hydrogens (tertiary/aromatic N) is 3. The molecule has 1 rings (SSSR count). The third-order valence-electron chi connectivity index (χ3n) is 2.82. The molecule has 0 aromatic carbocycles.